The number of hydrogen-bond donors (Lipinski definition) is 0. The second-order valence-electron chi connectivity index (χ2n) is 7.02. The minimum atomic E-state index is -1.85. The van der Waals surface area contributed by atoms with Gasteiger partial charge in [0, 0.05) is 19.8 Å². The number of allylic oxidation sites excluding steroid dienone is 3. The van der Waals surface area contributed by atoms with Gasteiger partial charge in [-0.25, -0.2) is 0 Å². The van der Waals surface area contributed by atoms with Crippen molar-refractivity contribution in [3.63, 3.8) is 0 Å². The highest BCUT2D eigenvalue weighted by molar-refractivity contribution is 6.96. The third kappa shape index (κ3) is 3.30. The molecule has 0 heterocycles. The van der Waals surface area contributed by atoms with Crippen molar-refractivity contribution in [1.82, 2.24) is 4.90 Å². The first-order valence-electron chi connectivity index (χ1n) is 8.24. The molecule has 0 spiro atoms. The molecule has 0 aliphatic heterocycles. The van der Waals surface area contributed by atoms with E-state index >= 15 is 0 Å². The fourth-order valence-corrected chi connectivity index (χ4v) is 7.32. The molecule has 0 saturated heterocycles. The Kier molecular flexibility index (Phi) is 5.20. The first-order valence-corrected chi connectivity index (χ1v) is 11.2. The number of para-hydroxylation sites is 1. The molecule has 3 heteroatoms. The number of hydrogen-bond acceptors (Lipinski definition) is 2. The van der Waals surface area contributed by atoms with E-state index in [2.05, 4.69) is 82.9 Å². The van der Waals surface area contributed by atoms with Crippen molar-refractivity contribution in [2.75, 3.05) is 20.7 Å². The zero-order chi connectivity index (χ0) is 17.2. The molecule has 0 N–H and O–H groups in total. The van der Waals surface area contributed by atoms with E-state index in [9.17, 15) is 0 Å². The summed E-state index contributed by atoms with van der Waals surface area (Å²) in [5, 5.41) is 2.96. The van der Waals surface area contributed by atoms with Crippen molar-refractivity contribution in [3.8, 4) is 5.75 Å². The van der Waals surface area contributed by atoms with E-state index in [1.807, 2.05) is 0 Å². The lowest BCUT2D eigenvalue weighted by Crippen LogP contribution is -2.47. The minimum Gasteiger partial charge on any atom is -0.490 e. The Balaban J connectivity index is 2.54. The summed E-state index contributed by atoms with van der Waals surface area (Å²) < 4.78 is 5.95. The van der Waals surface area contributed by atoms with E-state index in [0.717, 1.165) is 5.75 Å². The molecule has 2 nitrogen and oxygen atoms in total. The van der Waals surface area contributed by atoms with Crippen molar-refractivity contribution >= 4 is 13.3 Å². The lowest BCUT2D eigenvalue weighted by atomic mass is 10.1. The van der Waals surface area contributed by atoms with E-state index in [-0.39, 0.29) is 0 Å². The van der Waals surface area contributed by atoms with Gasteiger partial charge in [0.1, 0.15) is 20.4 Å². The highest BCUT2D eigenvalue weighted by atomic mass is 28.3. The third-order valence-electron chi connectivity index (χ3n) is 4.83. The highest BCUT2D eigenvalue weighted by Gasteiger charge is 2.39. The van der Waals surface area contributed by atoms with E-state index in [0.29, 0.717) is 12.5 Å². The molecular formula is C20H29NOSi. The smallest absolute Gasteiger partial charge is 0.119 e. The van der Waals surface area contributed by atoms with Crippen LogP contribution in [0.25, 0.3) is 0 Å². The largest absolute Gasteiger partial charge is 0.490 e. The maximum Gasteiger partial charge on any atom is 0.119 e. The maximum atomic E-state index is 5.95. The van der Waals surface area contributed by atoms with Gasteiger partial charge in [-0.3, -0.25) is 0 Å². The minimum absolute atomic E-state index is 0.501. The van der Waals surface area contributed by atoms with Gasteiger partial charge >= 0.3 is 0 Å². The van der Waals surface area contributed by atoms with E-state index in [1.54, 1.807) is 11.3 Å². The molecule has 1 aromatic carbocycles. The van der Waals surface area contributed by atoms with Gasteiger partial charge < -0.3 is 9.64 Å². The summed E-state index contributed by atoms with van der Waals surface area (Å²) in [7, 11) is 2.44. The standard InChI is InChI=1S/C20H29NOSi/c1-8-13-22-18-11-9-10-12-19(18)23(6,7)20-16(3)15(2)14-17(20)21(4)5/h8-12,14,16H,1,13H2,2-7H3. The van der Waals surface area contributed by atoms with Crippen molar-refractivity contribution < 1.29 is 4.74 Å². The van der Waals surface area contributed by atoms with Crippen LogP contribution in [0.5, 0.6) is 5.75 Å². The number of likely N-dealkylation sites (N-methyl/N-ethyl adjacent to an activating group) is 1. The van der Waals surface area contributed by atoms with E-state index in [4.69, 9.17) is 4.74 Å². The molecule has 1 aliphatic carbocycles. The van der Waals surface area contributed by atoms with Gasteiger partial charge in [0.15, 0.2) is 0 Å². The molecule has 0 fully saturated rings. The van der Waals surface area contributed by atoms with Crippen molar-refractivity contribution in [2.24, 2.45) is 5.92 Å². The Morgan fingerprint density at radius 2 is 1.91 bits per heavy atom. The molecule has 0 radical (unpaired) electrons. The average Bonchev–Trinajstić information content (AvgIpc) is 2.82. The topological polar surface area (TPSA) is 12.5 Å². The zero-order valence-electron chi connectivity index (χ0n) is 15.3. The molecular weight excluding hydrogens is 298 g/mol. The summed E-state index contributed by atoms with van der Waals surface area (Å²) in [5.41, 5.74) is 2.83. The second-order valence-corrected chi connectivity index (χ2v) is 11.4. The van der Waals surface area contributed by atoms with Gasteiger partial charge in [0.25, 0.3) is 0 Å². The predicted octanol–water partition coefficient (Wildman–Crippen LogP) is 4.12. The first kappa shape index (κ1) is 17.6. The van der Waals surface area contributed by atoms with Crippen LogP contribution in [-0.4, -0.2) is 33.7 Å². The highest BCUT2D eigenvalue weighted by Crippen LogP contribution is 2.38. The molecule has 1 atom stereocenters. The van der Waals surface area contributed by atoms with Crippen LogP contribution in [0.3, 0.4) is 0 Å². The monoisotopic (exact) mass is 327 g/mol. The zero-order valence-corrected chi connectivity index (χ0v) is 16.3. The molecule has 1 aromatic rings. The Bertz CT molecular complexity index is 655. The normalized spacial score (nSPS) is 18.0. The van der Waals surface area contributed by atoms with Crippen LogP contribution in [0, 0.1) is 5.92 Å². The lowest BCUT2D eigenvalue weighted by Gasteiger charge is -2.33. The molecule has 0 aromatic heterocycles. The van der Waals surface area contributed by atoms with Crippen LogP contribution >= 0.6 is 0 Å². The number of ether oxygens (including phenoxy) is 1. The van der Waals surface area contributed by atoms with Crippen LogP contribution in [-0.2, 0) is 0 Å². The van der Waals surface area contributed by atoms with Crippen molar-refractivity contribution in [3.05, 3.63) is 59.5 Å². The molecule has 124 valence electrons. The fraction of sp³-hybridized carbons (Fsp3) is 0.400. The van der Waals surface area contributed by atoms with Gasteiger partial charge in [0.2, 0.25) is 0 Å². The summed E-state index contributed by atoms with van der Waals surface area (Å²) in [6.07, 6.45) is 4.15. The molecule has 0 bridgehead atoms. The first-order chi connectivity index (χ1) is 10.8. The Morgan fingerprint density at radius 3 is 2.52 bits per heavy atom. The molecule has 0 amide bonds. The lowest BCUT2D eigenvalue weighted by molar-refractivity contribution is 0.366. The summed E-state index contributed by atoms with van der Waals surface area (Å²) in [5.74, 6) is 1.51. The summed E-state index contributed by atoms with van der Waals surface area (Å²) in [6, 6.07) is 8.50. The van der Waals surface area contributed by atoms with Gasteiger partial charge in [-0.15, -0.1) is 0 Å². The van der Waals surface area contributed by atoms with Crippen LogP contribution < -0.4 is 9.92 Å². The van der Waals surface area contributed by atoms with Gasteiger partial charge in [-0.2, -0.15) is 0 Å². The van der Waals surface area contributed by atoms with Gasteiger partial charge in [-0.1, -0.05) is 56.4 Å². The molecule has 23 heavy (non-hydrogen) atoms. The Hall–Kier alpha value is -1.74. The van der Waals surface area contributed by atoms with Crippen LogP contribution in [0.4, 0.5) is 0 Å². The molecule has 0 saturated carbocycles. The quantitative estimate of drug-likeness (QED) is 0.576. The summed E-state index contributed by atoms with van der Waals surface area (Å²) in [6.45, 7) is 13.8. The predicted molar refractivity (Wildman–Crippen MR) is 103 cm³/mol. The molecule has 1 aliphatic rings. The van der Waals surface area contributed by atoms with Crippen LogP contribution in [0.15, 0.2) is 59.5 Å². The van der Waals surface area contributed by atoms with Gasteiger partial charge in [-0.05, 0) is 35.4 Å². The Morgan fingerprint density at radius 1 is 1.26 bits per heavy atom. The molecule has 2 rings (SSSR count). The third-order valence-corrected chi connectivity index (χ3v) is 8.62. The number of nitrogens with zero attached hydrogens (tertiary/aromatic N) is 1. The summed E-state index contributed by atoms with van der Waals surface area (Å²) >= 11 is 0. The average molecular weight is 328 g/mol. The number of benzene rings is 1. The SMILES string of the molecule is C=CCOc1ccccc1[Si](C)(C)C1=C(N(C)C)C=C(C)C1C. The van der Waals surface area contributed by atoms with Crippen molar-refractivity contribution in [1.29, 1.82) is 0 Å². The van der Waals surface area contributed by atoms with Crippen molar-refractivity contribution in [2.45, 2.75) is 26.9 Å². The van der Waals surface area contributed by atoms with Crippen LogP contribution in [0.2, 0.25) is 13.1 Å². The van der Waals surface area contributed by atoms with Crippen LogP contribution in [0.1, 0.15) is 13.8 Å². The Labute approximate surface area is 142 Å². The van der Waals surface area contributed by atoms with E-state index < -0.39 is 8.07 Å². The second kappa shape index (κ2) is 6.79. The number of rotatable bonds is 6. The fourth-order valence-electron chi connectivity index (χ4n) is 3.50. The van der Waals surface area contributed by atoms with Gasteiger partial charge in [0.05, 0.1) is 0 Å². The molecule has 1 unspecified atom stereocenters. The summed E-state index contributed by atoms with van der Waals surface area (Å²) in [4.78, 5) is 2.25. The van der Waals surface area contributed by atoms with E-state index in [1.165, 1.54) is 16.5 Å². The maximum absolute atomic E-state index is 5.95.